The molecule has 206 valence electrons. The quantitative estimate of drug-likeness (QED) is 0.202. The fourth-order valence-electron chi connectivity index (χ4n) is 7.57. The molecule has 0 radical (unpaired) electrons. The molecule has 7 rings (SSSR count). The van der Waals surface area contributed by atoms with Gasteiger partial charge in [-0.25, -0.2) is 0 Å². The van der Waals surface area contributed by atoms with Crippen molar-refractivity contribution >= 4 is 62.2 Å². The largest absolute Gasteiger partial charge is 1.00 e. The van der Waals surface area contributed by atoms with Crippen LogP contribution in [-0.2, 0) is 32.3 Å². The molecule has 0 N–H and O–H groups in total. The summed E-state index contributed by atoms with van der Waals surface area (Å²) in [5.41, 5.74) is 12.3. The molecular formula is C34H34Cl2HfNSSi-3. The number of thiophene rings is 1. The molecule has 5 aromatic rings. The van der Waals surface area contributed by atoms with E-state index >= 15 is 0 Å². The zero-order valence-electron chi connectivity index (χ0n) is 23.7. The average molecular weight is 766 g/mol. The number of fused-ring (bicyclic) bond motifs is 5. The smallest absolute Gasteiger partial charge is 0.0487 e. The van der Waals surface area contributed by atoms with E-state index in [1.807, 2.05) is 11.3 Å². The minimum Gasteiger partial charge on any atom is -1.00 e. The third-order valence-electron chi connectivity index (χ3n) is 9.16. The fraction of sp³-hybridized carbons (Fsp3) is 0.265. The van der Waals surface area contributed by atoms with Gasteiger partial charge in [-0.1, -0.05) is 97.2 Å². The summed E-state index contributed by atoms with van der Waals surface area (Å²) < 4.78 is 2.97. The Kier molecular flexibility index (Phi) is 9.10. The van der Waals surface area contributed by atoms with Gasteiger partial charge in [-0.05, 0) is 54.6 Å². The molecule has 1 unspecified atom stereocenters. The number of nitrogens with zero attached hydrogens (tertiary/aromatic N) is 1. The van der Waals surface area contributed by atoms with Crippen LogP contribution >= 0.6 is 11.3 Å². The maximum Gasteiger partial charge on any atom is 0.0487 e. The van der Waals surface area contributed by atoms with Gasteiger partial charge in [-0.3, -0.25) is 0 Å². The van der Waals surface area contributed by atoms with E-state index in [9.17, 15) is 0 Å². The molecule has 1 aromatic heterocycles. The van der Waals surface area contributed by atoms with Gasteiger partial charge in [-0.15, -0.1) is 10.6 Å². The Morgan fingerprint density at radius 2 is 1.57 bits per heavy atom. The van der Waals surface area contributed by atoms with E-state index in [1.54, 1.807) is 15.5 Å². The number of anilines is 2. The fourth-order valence-corrected chi connectivity index (χ4v) is 14.2. The predicted molar refractivity (Wildman–Crippen MR) is 166 cm³/mol. The van der Waals surface area contributed by atoms with Crippen molar-refractivity contribution in [3.63, 3.8) is 0 Å². The van der Waals surface area contributed by atoms with Crippen molar-refractivity contribution in [2.75, 3.05) is 11.4 Å². The first kappa shape index (κ1) is 31.4. The Morgan fingerprint density at radius 1 is 0.875 bits per heavy atom. The van der Waals surface area contributed by atoms with Crippen molar-refractivity contribution in [1.82, 2.24) is 0 Å². The molecular weight excluding hydrogens is 732 g/mol. The Morgan fingerprint density at radius 3 is 2.38 bits per heavy atom. The summed E-state index contributed by atoms with van der Waals surface area (Å²) in [5, 5.41) is 4.62. The molecule has 2 aliphatic rings. The van der Waals surface area contributed by atoms with E-state index in [1.165, 1.54) is 67.5 Å². The Bertz CT molecular complexity index is 1750. The van der Waals surface area contributed by atoms with Gasteiger partial charge in [0.25, 0.3) is 0 Å². The van der Waals surface area contributed by atoms with E-state index in [0.717, 1.165) is 6.54 Å². The first-order chi connectivity index (χ1) is 17.9. The number of halogens is 2. The molecule has 4 aromatic carbocycles. The van der Waals surface area contributed by atoms with E-state index in [2.05, 4.69) is 112 Å². The monoisotopic (exact) mass is 766 g/mol. The molecule has 0 saturated carbocycles. The molecule has 1 aliphatic heterocycles. The van der Waals surface area contributed by atoms with Gasteiger partial charge in [0.1, 0.15) is 0 Å². The molecule has 40 heavy (non-hydrogen) atoms. The van der Waals surface area contributed by atoms with Crippen LogP contribution in [0.5, 0.6) is 0 Å². The summed E-state index contributed by atoms with van der Waals surface area (Å²) in [4.78, 5) is 2.58. The second kappa shape index (κ2) is 11.6. The van der Waals surface area contributed by atoms with Crippen molar-refractivity contribution in [2.45, 2.75) is 52.2 Å². The SMILES string of the molecule is CC1=Cc2c(cccc2N2CCCc3ccccc32)C1[Si](C)(C)[c-]1c(C)c(C)c2c3ccccc3sc21.[Cl-].[Cl-].[Hf]. The first-order valence-corrected chi connectivity index (χ1v) is 17.5. The average Bonchev–Trinajstić information content (AvgIpc) is 3.52. The Hall–Kier alpha value is -1.56. The van der Waals surface area contributed by atoms with Crippen LogP contribution < -0.4 is 34.9 Å². The molecule has 0 saturated heterocycles. The van der Waals surface area contributed by atoms with Crippen molar-refractivity contribution < 1.29 is 50.7 Å². The zero-order chi connectivity index (χ0) is 25.5. The Labute approximate surface area is 274 Å². The van der Waals surface area contributed by atoms with Gasteiger partial charge >= 0.3 is 0 Å². The summed E-state index contributed by atoms with van der Waals surface area (Å²) in [6.07, 6.45) is 4.91. The Balaban J connectivity index is 0.00000123. The minimum absolute atomic E-state index is 0. The topological polar surface area (TPSA) is 3.24 Å². The molecule has 1 atom stereocenters. The number of aryl methyl sites for hydroxylation is 2. The number of para-hydroxylation sites is 1. The van der Waals surface area contributed by atoms with Gasteiger partial charge in [0.05, 0.1) is 0 Å². The molecule has 0 spiro atoms. The van der Waals surface area contributed by atoms with Crippen LogP contribution in [0.1, 0.15) is 46.7 Å². The van der Waals surface area contributed by atoms with Gasteiger partial charge in [0.15, 0.2) is 0 Å². The van der Waals surface area contributed by atoms with E-state index in [0.29, 0.717) is 5.54 Å². The summed E-state index contributed by atoms with van der Waals surface area (Å²) in [6.45, 7) is 13.5. The van der Waals surface area contributed by atoms with Crippen molar-refractivity contribution in [2.24, 2.45) is 0 Å². The summed E-state index contributed by atoms with van der Waals surface area (Å²) in [7, 11) is -1.93. The molecule has 1 nitrogen and oxygen atoms in total. The molecule has 2 heterocycles. The number of rotatable bonds is 3. The van der Waals surface area contributed by atoms with Crippen molar-refractivity contribution in [3.8, 4) is 0 Å². The molecule has 0 fully saturated rings. The first-order valence-electron chi connectivity index (χ1n) is 13.6. The van der Waals surface area contributed by atoms with Crippen LogP contribution in [0.4, 0.5) is 11.4 Å². The number of hydrogen-bond acceptors (Lipinski definition) is 2. The van der Waals surface area contributed by atoms with E-state index in [4.69, 9.17) is 0 Å². The minimum atomic E-state index is -1.93. The maximum absolute atomic E-state index is 2.62. The summed E-state index contributed by atoms with van der Waals surface area (Å²) >= 11 is 2.02. The van der Waals surface area contributed by atoms with Crippen LogP contribution in [-0.4, -0.2) is 14.6 Å². The normalized spacial score (nSPS) is 16.1. The van der Waals surface area contributed by atoms with Crippen LogP contribution in [0.15, 0.2) is 72.3 Å². The number of benzene rings is 3. The van der Waals surface area contributed by atoms with E-state index < -0.39 is 8.07 Å². The summed E-state index contributed by atoms with van der Waals surface area (Å²) in [6, 6.07) is 25.1. The standard InChI is InChI=1S/C34H34NSSi.2ClH.Hf/c1-21-20-27-25(15-10-17-29(27)35-19-11-13-24-12-6-8-16-28(24)35)33(21)37(4,5)34-23(3)22(2)31-26-14-7-9-18-30(26)36-32(31)34;;;/h6-10,12,14-18,20,33H,11,13,19H2,1-5H3;2*1H;/q-1;;;/p-2. The van der Waals surface area contributed by atoms with Gasteiger partial charge in [-0.2, -0.15) is 22.5 Å². The van der Waals surface area contributed by atoms with Crippen molar-refractivity contribution in [1.29, 1.82) is 0 Å². The van der Waals surface area contributed by atoms with Crippen LogP contribution in [0.3, 0.4) is 0 Å². The van der Waals surface area contributed by atoms with E-state index in [-0.39, 0.29) is 50.7 Å². The second-order valence-electron chi connectivity index (χ2n) is 11.6. The van der Waals surface area contributed by atoms with Gasteiger partial charge < -0.3 is 29.7 Å². The van der Waals surface area contributed by atoms with Crippen LogP contribution in [0.2, 0.25) is 13.1 Å². The number of hydrogen-bond donors (Lipinski definition) is 0. The molecule has 0 bridgehead atoms. The van der Waals surface area contributed by atoms with Gasteiger partial charge in [0, 0.05) is 62.1 Å². The van der Waals surface area contributed by atoms with Crippen molar-refractivity contribution in [3.05, 3.63) is 100 Å². The van der Waals surface area contributed by atoms with Crippen LogP contribution in [0.25, 0.3) is 26.2 Å². The molecule has 0 amide bonds. The van der Waals surface area contributed by atoms with Crippen LogP contribution in [0, 0.1) is 13.8 Å². The second-order valence-corrected chi connectivity index (χ2v) is 17.2. The molecule has 6 heteroatoms. The third-order valence-corrected chi connectivity index (χ3v) is 14.7. The number of allylic oxidation sites excluding steroid dienone is 1. The zero-order valence-corrected chi connectivity index (χ0v) is 30.7. The predicted octanol–water partition coefficient (Wildman–Crippen LogP) is 3.14. The molecule has 1 aliphatic carbocycles. The van der Waals surface area contributed by atoms with Gasteiger partial charge in [0.2, 0.25) is 0 Å². The third kappa shape index (κ3) is 4.54. The summed E-state index contributed by atoms with van der Waals surface area (Å²) in [5.74, 6) is 0. The maximum atomic E-state index is 2.62.